The number of rotatable bonds is 6. The van der Waals surface area contributed by atoms with E-state index in [0.29, 0.717) is 18.5 Å². The molecule has 1 heterocycles. The Bertz CT molecular complexity index is 813. The molecule has 3 aromatic rings. The predicted molar refractivity (Wildman–Crippen MR) is 99.8 cm³/mol. The molecule has 24 heavy (non-hydrogen) atoms. The van der Waals surface area contributed by atoms with Gasteiger partial charge in [-0.25, -0.2) is 4.98 Å². The third-order valence-corrected chi connectivity index (χ3v) is 3.69. The van der Waals surface area contributed by atoms with Gasteiger partial charge >= 0.3 is 0 Å². The van der Waals surface area contributed by atoms with Crippen molar-refractivity contribution in [2.75, 3.05) is 11.9 Å². The average molecular weight is 321 g/mol. The molecule has 4 heteroatoms. The summed E-state index contributed by atoms with van der Waals surface area (Å²) in [6, 6.07) is 18.5. The molecule has 4 nitrogen and oxygen atoms in total. The van der Waals surface area contributed by atoms with Gasteiger partial charge in [-0.3, -0.25) is 0 Å². The Hall–Kier alpha value is -2.59. The lowest BCUT2D eigenvalue weighted by Crippen LogP contribution is -2.09. The number of nitrogens with one attached hydrogen (secondary N) is 1. The highest BCUT2D eigenvalue weighted by Crippen LogP contribution is 2.24. The first-order valence-electron chi connectivity index (χ1n) is 8.28. The fourth-order valence-electron chi connectivity index (χ4n) is 2.61. The number of benzene rings is 2. The van der Waals surface area contributed by atoms with E-state index in [1.54, 1.807) is 0 Å². The second-order valence-electron chi connectivity index (χ2n) is 6.14. The van der Waals surface area contributed by atoms with Crippen LogP contribution >= 0.6 is 0 Å². The first-order chi connectivity index (χ1) is 11.6. The molecule has 0 amide bonds. The van der Waals surface area contributed by atoms with Gasteiger partial charge in [0.15, 0.2) is 0 Å². The summed E-state index contributed by atoms with van der Waals surface area (Å²) in [5.74, 6) is 1.37. The van der Waals surface area contributed by atoms with E-state index in [0.717, 1.165) is 28.8 Å². The lowest BCUT2D eigenvalue weighted by atomic mass is 10.1. The molecule has 1 aromatic heterocycles. The highest BCUT2D eigenvalue weighted by molar-refractivity contribution is 5.79. The van der Waals surface area contributed by atoms with E-state index in [2.05, 4.69) is 36.3 Å². The molecule has 0 aliphatic carbocycles. The van der Waals surface area contributed by atoms with Gasteiger partial charge in [-0.15, -0.1) is 0 Å². The summed E-state index contributed by atoms with van der Waals surface area (Å²) in [6.45, 7) is 4.88. The number of hydrogen-bond donors (Lipinski definition) is 2. The summed E-state index contributed by atoms with van der Waals surface area (Å²) in [5, 5.41) is 4.46. The Morgan fingerprint density at radius 2 is 1.83 bits per heavy atom. The predicted octanol–water partition coefficient (Wildman–Crippen LogP) is 4.35. The maximum absolute atomic E-state index is 5.87. The Morgan fingerprint density at radius 1 is 1.04 bits per heavy atom. The molecule has 0 saturated carbocycles. The van der Waals surface area contributed by atoms with E-state index < -0.39 is 0 Å². The van der Waals surface area contributed by atoms with Crippen LogP contribution in [0.3, 0.4) is 0 Å². The molecule has 124 valence electrons. The van der Waals surface area contributed by atoms with Crippen LogP contribution in [0, 0.1) is 0 Å². The smallest absolute Gasteiger partial charge is 0.219 e. The van der Waals surface area contributed by atoms with E-state index in [-0.39, 0.29) is 0 Å². The highest BCUT2D eigenvalue weighted by atomic mass is 16.5. The summed E-state index contributed by atoms with van der Waals surface area (Å²) in [6.07, 6.45) is 0.880. The molecule has 0 saturated heterocycles. The van der Waals surface area contributed by atoms with Crippen molar-refractivity contribution < 1.29 is 4.74 Å². The molecule has 3 N–H and O–H groups in total. The Morgan fingerprint density at radius 3 is 2.54 bits per heavy atom. The van der Waals surface area contributed by atoms with Gasteiger partial charge in [0.25, 0.3) is 0 Å². The molecule has 0 spiro atoms. The maximum Gasteiger partial charge on any atom is 0.219 e. The van der Waals surface area contributed by atoms with Crippen molar-refractivity contribution in [3.63, 3.8) is 0 Å². The molecule has 3 rings (SSSR count). The van der Waals surface area contributed by atoms with Gasteiger partial charge in [0, 0.05) is 23.2 Å². The number of aromatic nitrogens is 1. The van der Waals surface area contributed by atoms with Crippen LogP contribution in [0.5, 0.6) is 11.6 Å². The molecular formula is C20H23N3O. The molecule has 0 radical (unpaired) electrons. The molecule has 0 bridgehead atoms. The summed E-state index contributed by atoms with van der Waals surface area (Å²) in [4.78, 5) is 4.57. The van der Waals surface area contributed by atoms with E-state index >= 15 is 0 Å². The van der Waals surface area contributed by atoms with E-state index in [9.17, 15) is 0 Å². The number of nitrogens with two attached hydrogens (primary N) is 1. The number of anilines is 1. The van der Waals surface area contributed by atoms with Crippen molar-refractivity contribution in [2.45, 2.75) is 26.3 Å². The van der Waals surface area contributed by atoms with Crippen LogP contribution in [0.1, 0.15) is 19.4 Å². The van der Waals surface area contributed by atoms with Crippen molar-refractivity contribution in [3.05, 3.63) is 60.2 Å². The van der Waals surface area contributed by atoms with Crippen molar-refractivity contribution in [3.8, 4) is 11.6 Å². The zero-order valence-corrected chi connectivity index (χ0v) is 14.1. The minimum atomic E-state index is 0.406. The van der Waals surface area contributed by atoms with E-state index in [1.807, 2.05) is 42.5 Å². The second-order valence-corrected chi connectivity index (χ2v) is 6.14. The standard InChI is InChI=1S/C20H23N3O/c1-14(2)22-17-5-7-18(8-6-17)24-20-10-4-16-13-15(11-12-21)3-9-19(16)23-20/h3-10,13-14,22H,11-12,21H2,1-2H3. The number of hydrogen-bond acceptors (Lipinski definition) is 4. The van der Waals surface area contributed by atoms with Crippen LogP contribution in [0.15, 0.2) is 54.6 Å². The largest absolute Gasteiger partial charge is 0.439 e. The van der Waals surface area contributed by atoms with Crippen molar-refractivity contribution in [1.82, 2.24) is 4.98 Å². The zero-order chi connectivity index (χ0) is 16.9. The highest BCUT2D eigenvalue weighted by Gasteiger charge is 2.03. The molecule has 0 atom stereocenters. The maximum atomic E-state index is 5.87. The minimum absolute atomic E-state index is 0.406. The van der Waals surface area contributed by atoms with Gasteiger partial charge in [0.2, 0.25) is 5.88 Å². The quantitative estimate of drug-likeness (QED) is 0.708. The summed E-state index contributed by atoms with van der Waals surface area (Å²) in [7, 11) is 0. The third kappa shape index (κ3) is 4.03. The molecule has 0 fully saturated rings. The lowest BCUT2D eigenvalue weighted by molar-refractivity contribution is 0.465. The molecule has 2 aromatic carbocycles. The molecule has 0 unspecified atom stereocenters. The van der Waals surface area contributed by atoms with Crippen LogP contribution in [0.25, 0.3) is 10.9 Å². The van der Waals surface area contributed by atoms with E-state index in [4.69, 9.17) is 10.5 Å². The van der Waals surface area contributed by atoms with Gasteiger partial charge in [0.1, 0.15) is 5.75 Å². The Labute approximate surface area is 142 Å². The number of nitrogens with zero attached hydrogens (tertiary/aromatic N) is 1. The number of fused-ring (bicyclic) bond motifs is 1. The van der Waals surface area contributed by atoms with Gasteiger partial charge in [-0.05, 0) is 74.8 Å². The fraction of sp³-hybridized carbons (Fsp3) is 0.250. The van der Waals surface area contributed by atoms with Gasteiger partial charge in [-0.1, -0.05) is 6.07 Å². The first kappa shape index (κ1) is 16.3. The van der Waals surface area contributed by atoms with Gasteiger partial charge < -0.3 is 15.8 Å². The summed E-state index contributed by atoms with van der Waals surface area (Å²) < 4.78 is 5.87. The number of pyridine rings is 1. The van der Waals surface area contributed by atoms with Gasteiger partial charge in [-0.2, -0.15) is 0 Å². The zero-order valence-electron chi connectivity index (χ0n) is 14.1. The van der Waals surface area contributed by atoms with Crippen LogP contribution in [-0.2, 0) is 6.42 Å². The monoisotopic (exact) mass is 321 g/mol. The van der Waals surface area contributed by atoms with Gasteiger partial charge in [0.05, 0.1) is 5.52 Å². The van der Waals surface area contributed by atoms with Crippen LogP contribution in [-0.4, -0.2) is 17.6 Å². The minimum Gasteiger partial charge on any atom is -0.439 e. The van der Waals surface area contributed by atoms with Crippen molar-refractivity contribution >= 4 is 16.6 Å². The topological polar surface area (TPSA) is 60.2 Å². The van der Waals surface area contributed by atoms with Crippen molar-refractivity contribution in [2.24, 2.45) is 5.73 Å². The van der Waals surface area contributed by atoms with Crippen LogP contribution in [0.4, 0.5) is 5.69 Å². The first-order valence-corrected chi connectivity index (χ1v) is 8.28. The summed E-state index contributed by atoms with van der Waals surface area (Å²) >= 11 is 0. The van der Waals surface area contributed by atoms with E-state index in [1.165, 1.54) is 5.56 Å². The normalized spacial score (nSPS) is 11.0. The van der Waals surface area contributed by atoms with Crippen LogP contribution < -0.4 is 15.8 Å². The Balaban J connectivity index is 1.76. The van der Waals surface area contributed by atoms with Crippen LogP contribution in [0.2, 0.25) is 0 Å². The second kappa shape index (κ2) is 7.32. The SMILES string of the molecule is CC(C)Nc1ccc(Oc2ccc3cc(CCN)ccc3n2)cc1. The molecule has 0 aliphatic heterocycles. The third-order valence-electron chi connectivity index (χ3n) is 3.69. The number of ether oxygens (including phenoxy) is 1. The van der Waals surface area contributed by atoms with Crippen molar-refractivity contribution in [1.29, 1.82) is 0 Å². The molecule has 0 aliphatic rings. The average Bonchev–Trinajstić information content (AvgIpc) is 2.57. The Kier molecular flexibility index (Phi) is 4.96. The summed E-state index contributed by atoms with van der Waals surface area (Å²) in [5.41, 5.74) is 8.84. The molecular weight excluding hydrogens is 298 g/mol. The lowest BCUT2D eigenvalue weighted by Gasteiger charge is -2.11. The fourth-order valence-corrected chi connectivity index (χ4v) is 2.61.